The topological polar surface area (TPSA) is 66.4 Å². The summed E-state index contributed by atoms with van der Waals surface area (Å²) in [4.78, 5) is 23.4. The van der Waals surface area contributed by atoms with Crippen molar-refractivity contribution in [3.05, 3.63) is 28.4 Å². The number of benzene rings is 1. The van der Waals surface area contributed by atoms with E-state index in [2.05, 4.69) is 73.1 Å². The number of hydrogen-bond donors (Lipinski definition) is 2. The molecule has 1 aliphatic rings. The molecule has 0 spiro atoms. The Bertz CT molecular complexity index is 543. The van der Waals surface area contributed by atoms with Crippen LogP contribution in [0.1, 0.15) is 23.2 Å². The highest BCUT2D eigenvalue weighted by molar-refractivity contribution is 14.1. The minimum Gasteiger partial charge on any atom is -0.480 e. The highest BCUT2D eigenvalue weighted by Crippen LogP contribution is 2.33. The molecule has 1 fully saturated rings. The zero-order valence-electron chi connectivity index (χ0n) is 9.62. The molecule has 1 aromatic rings. The van der Waals surface area contributed by atoms with Crippen molar-refractivity contribution in [2.75, 3.05) is 0 Å². The molecule has 1 saturated carbocycles. The van der Waals surface area contributed by atoms with Crippen molar-refractivity contribution in [3.63, 3.8) is 0 Å². The molecule has 0 saturated heterocycles. The largest absolute Gasteiger partial charge is 0.480 e. The lowest BCUT2D eigenvalue weighted by molar-refractivity contribution is -0.139. The molecule has 1 aromatic carbocycles. The van der Waals surface area contributed by atoms with E-state index in [-0.39, 0.29) is 11.8 Å². The maximum atomic E-state index is 12.2. The average molecular weight is 597 g/mol. The molecule has 1 amide bonds. The maximum absolute atomic E-state index is 12.2. The van der Waals surface area contributed by atoms with Crippen LogP contribution in [-0.4, -0.2) is 23.0 Å². The number of halogens is 3. The van der Waals surface area contributed by atoms with E-state index in [1.54, 1.807) is 6.07 Å². The number of carboxylic acid groups (broad SMARTS) is 1. The van der Waals surface area contributed by atoms with Gasteiger partial charge >= 0.3 is 5.97 Å². The molecule has 1 atom stereocenters. The lowest BCUT2D eigenvalue weighted by Gasteiger charge is -2.15. The fourth-order valence-corrected chi connectivity index (χ4v) is 4.15. The third-order valence-electron chi connectivity index (χ3n) is 2.88. The molecule has 0 aliphatic heterocycles. The van der Waals surface area contributed by atoms with Gasteiger partial charge in [0.1, 0.15) is 6.04 Å². The van der Waals surface area contributed by atoms with Crippen LogP contribution in [0, 0.1) is 16.6 Å². The van der Waals surface area contributed by atoms with E-state index >= 15 is 0 Å². The number of rotatable bonds is 4. The van der Waals surface area contributed by atoms with E-state index in [0.29, 0.717) is 5.56 Å². The SMILES string of the molecule is O=C(NC(C(=O)O)C1CC1)c1cc(I)cc(I)c1I. The van der Waals surface area contributed by atoms with Crippen molar-refractivity contribution in [1.29, 1.82) is 0 Å². The van der Waals surface area contributed by atoms with Crippen molar-refractivity contribution >= 4 is 79.6 Å². The summed E-state index contributed by atoms with van der Waals surface area (Å²) in [5.74, 6) is -1.17. The minimum absolute atomic E-state index is 0.0842. The van der Waals surface area contributed by atoms with E-state index in [1.807, 2.05) is 6.07 Å². The Balaban J connectivity index is 2.22. The summed E-state index contributed by atoms with van der Waals surface area (Å²) in [7, 11) is 0. The second-order valence-corrected chi connectivity index (χ2v) is 7.86. The van der Waals surface area contributed by atoms with Gasteiger partial charge in [0.25, 0.3) is 5.91 Å². The summed E-state index contributed by atoms with van der Waals surface area (Å²) >= 11 is 6.44. The third-order valence-corrected chi connectivity index (χ3v) is 6.55. The standard InChI is InChI=1S/C12H10I3NO3/c13-6-3-7(9(15)8(14)4-6)11(17)16-10(12(18)19)5-1-2-5/h3-5,10H,1-2H2,(H,16,17)(H,18,19). The van der Waals surface area contributed by atoms with E-state index < -0.39 is 12.0 Å². The zero-order chi connectivity index (χ0) is 14.2. The van der Waals surface area contributed by atoms with Crippen LogP contribution in [-0.2, 0) is 4.79 Å². The third kappa shape index (κ3) is 3.93. The van der Waals surface area contributed by atoms with Crippen LogP contribution in [0.3, 0.4) is 0 Å². The Labute approximate surface area is 151 Å². The number of carboxylic acids is 1. The second-order valence-electron chi connectivity index (χ2n) is 4.38. The molecule has 1 unspecified atom stereocenters. The van der Waals surface area contributed by atoms with Gasteiger partial charge in [-0.05, 0) is 98.7 Å². The Kier molecular flexibility index (Phi) is 5.31. The number of hydrogen-bond acceptors (Lipinski definition) is 2. The first-order valence-corrected chi connectivity index (χ1v) is 8.82. The Morgan fingerprint density at radius 3 is 2.42 bits per heavy atom. The van der Waals surface area contributed by atoms with Gasteiger partial charge in [0.2, 0.25) is 0 Å². The molecule has 4 nitrogen and oxygen atoms in total. The van der Waals surface area contributed by atoms with Crippen molar-refractivity contribution in [1.82, 2.24) is 5.32 Å². The van der Waals surface area contributed by atoms with Crippen LogP contribution in [0.25, 0.3) is 0 Å². The summed E-state index contributed by atoms with van der Waals surface area (Å²) < 4.78 is 2.82. The number of aliphatic carboxylic acids is 1. The fourth-order valence-electron chi connectivity index (χ4n) is 1.75. The minimum atomic E-state index is -0.953. The van der Waals surface area contributed by atoms with Gasteiger partial charge in [-0.25, -0.2) is 4.79 Å². The smallest absolute Gasteiger partial charge is 0.326 e. The Morgan fingerprint density at radius 2 is 1.89 bits per heavy atom. The number of nitrogens with one attached hydrogen (secondary N) is 1. The first-order chi connectivity index (χ1) is 8.90. The van der Waals surface area contributed by atoms with Crippen molar-refractivity contribution in [2.24, 2.45) is 5.92 Å². The predicted octanol–water partition coefficient (Wildman–Crippen LogP) is 3.09. The average Bonchev–Trinajstić information content (AvgIpc) is 3.14. The molecule has 2 N–H and O–H groups in total. The number of carbonyl (C=O) groups is 2. The van der Waals surface area contributed by atoms with E-state index in [0.717, 1.165) is 23.6 Å². The molecular weight excluding hydrogens is 587 g/mol. The van der Waals surface area contributed by atoms with Gasteiger partial charge in [0, 0.05) is 10.7 Å². The van der Waals surface area contributed by atoms with E-state index in [1.165, 1.54) is 0 Å². The first kappa shape index (κ1) is 15.7. The molecule has 0 aromatic heterocycles. The number of carbonyl (C=O) groups excluding carboxylic acids is 1. The van der Waals surface area contributed by atoms with Gasteiger partial charge in [0.15, 0.2) is 0 Å². The van der Waals surface area contributed by atoms with Crippen molar-refractivity contribution < 1.29 is 14.7 Å². The highest BCUT2D eigenvalue weighted by atomic mass is 127. The van der Waals surface area contributed by atoms with Gasteiger partial charge in [0.05, 0.1) is 5.56 Å². The van der Waals surface area contributed by atoms with Crippen molar-refractivity contribution in [2.45, 2.75) is 18.9 Å². The molecular formula is C12H10I3NO3. The van der Waals surface area contributed by atoms with Gasteiger partial charge in [-0.2, -0.15) is 0 Å². The molecule has 1 aliphatic carbocycles. The van der Waals surface area contributed by atoms with Crippen LogP contribution in [0.4, 0.5) is 0 Å². The van der Waals surface area contributed by atoms with Crippen LogP contribution in [0.2, 0.25) is 0 Å². The maximum Gasteiger partial charge on any atom is 0.326 e. The van der Waals surface area contributed by atoms with Crippen LogP contribution >= 0.6 is 67.8 Å². The highest BCUT2D eigenvalue weighted by Gasteiger charge is 2.37. The monoisotopic (exact) mass is 597 g/mol. The summed E-state index contributed by atoms with van der Waals surface area (Å²) in [6.07, 6.45) is 1.75. The summed E-state index contributed by atoms with van der Waals surface area (Å²) in [6, 6.07) is 3.00. The lowest BCUT2D eigenvalue weighted by Crippen LogP contribution is -2.42. The molecule has 0 bridgehead atoms. The molecule has 2 rings (SSSR count). The van der Waals surface area contributed by atoms with Crippen molar-refractivity contribution in [3.8, 4) is 0 Å². The molecule has 102 valence electrons. The van der Waals surface area contributed by atoms with Gasteiger partial charge < -0.3 is 10.4 Å². The first-order valence-electron chi connectivity index (χ1n) is 5.58. The van der Waals surface area contributed by atoms with Crippen LogP contribution < -0.4 is 5.32 Å². The molecule has 7 heteroatoms. The summed E-state index contributed by atoms with van der Waals surface area (Å²) in [5, 5.41) is 11.8. The van der Waals surface area contributed by atoms with Crippen LogP contribution in [0.15, 0.2) is 12.1 Å². The normalized spacial score (nSPS) is 15.9. The Hall–Kier alpha value is 0.350. The lowest BCUT2D eigenvalue weighted by atomic mass is 10.1. The van der Waals surface area contributed by atoms with E-state index in [4.69, 9.17) is 5.11 Å². The zero-order valence-corrected chi connectivity index (χ0v) is 16.1. The second kappa shape index (κ2) is 6.41. The molecule has 0 radical (unpaired) electrons. The molecule has 0 heterocycles. The van der Waals surface area contributed by atoms with Crippen LogP contribution in [0.5, 0.6) is 0 Å². The van der Waals surface area contributed by atoms with Gasteiger partial charge in [-0.3, -0.25) is 4.79 Å². The fraction of sp³-hybridized carbons (Fsp3) is 0.333. The predicted molar refractivity (Wildman–Crippen MR) is 96.2 cm³/mol. The quantitative estimate of drug-likeness (QED) is 0.415. The Morgan fingerprint density at radius 1 is 1.26 bits per heavy atom. The molecule has 19 heavy (non-hydrogen) atoms. The van der Waals surface area contributed by atoms with E-state index in [9.17, 15) is 9.59 Å². The van der Waals surface area contributed by atoms with Gasteiger partial charge in [-0.15, -0.1) is 0 Å². The summed E-state index contributed by atoms with van der Waals surface area (Å²) in [6.45, 7) is 0. The number of amides is 1. The summed E-state index contributed by atoms with van der Waals surface area (Å²) in [5.41, 5.74) is 0.545. The van der Waals surface area contributed by atoms with Gasteiger partial charge in [-0.1, -0.05) is 0 Å².